The number of hydrogen-bond donors (Lipinski definition) is 2. The van der Waals surface area contributed by atoms with Crippen molar-refractivity contribution in [3.8, 4) is 0 Å². The third-order valence-electron chi connectivity index (χ3n) is 7.07. The molecule has 0 fully saturated rings. The zero-order valence-corrected chi connectivity index (χ0v) is 21.7. The highest BCUT2D eigenvalue weighted by molar-refractivity contribution is 6.33. The minimum absolute atomic E-state index is 0.0275. The van der Waals surface area contributed by atoms with Gasteiger partial charge in [0.2, 0.25) is 0 Å². The lowest BCUT2D eigenvalue weighted by atomic mass is 9.61. The van der Waals surface area contributed by atoms with Gasteiger partial charge >= 0.3 is 5.97 Å². The molecule has 2 N–H and O–H groups in total. The van der Waals surface area contributed by atoms with Crippen molar-refractivity contribution in [1.82, 2.24) is 0 Å². The lowest BCUT2D eigenvalue weighted by Crippen LogP contribution is -2.49. The van der Waals surface area contributed by atoms with Crippen LogP contribution in [0.25, 0.3) is 0 Å². The molecule has 0 spiro atoms. The molecule has 0 radical (unpaired) electrons. The molecule has 33 heavy (non-hydrogen) atoms. The van der Waals surface area contributed by atoms with Crippen LogP contribution in [0.2, 0.25) is 0 Å². The Hall–Kier alpha value is -1.14. The minimum Gasteiger partial charge on any atom is -0.458 e. The summed E-state index contributed by atoms with van der Waals surface area (Å²) in [5, 5.41) is 20.8. The predicted octanol–water partition coefficient (Wildman–Crippen LogP) is 4.68. The van der Waals surface area contributed by atoms with Crippen LogP contribution < -0.4 is 0 Å². The molecule has 5 nitrogen and oxygen atoms in total. The lowest BCUT2D eigenvalue weighted by Gasteiger charge is -2.46. The molecule has 0 aromatic rings. The lowest BCUT2D eigenvalue weighted by molar-refractivity contribution is -0.154. The monoisotopic (exact) mass is 500 g/mol. The number of carbonyl (C=O) groups is 2. The van der Waals surface area contributed by atoms with E-state index >= 15 is 0 Å². The maximum absolute atomic E-state index is 13.0. The molecule has 0 saturated heterocycles. The molecule has 0 saturated carbocycles. The highest BCUT2D eigenvalue weighted by Gasteiger charge is 2.47. The first-order valence-electron chi connectivity index (χ1n) is 11.8. The summed E-state index contributed by atoms with van der Waals surface area (Å²) < 4.78 is 5.35. The number of aliphatic hydroxyl groups is 2. The number of alkyl halides is 2. The van der Waals surface area contributed by atoms with Gasteiger partial charge in [0.15, 0.2) is 5.78 Å². The van der Waals surface area contributed by atoms with Crippen molar-refractivity contribution in [1.29, 1.82) is 0 Å². The van der Waals surface area contributed by atoms with Crippen LogP contribution in [0.1, 0.15) is 47.5 Å². The van der Waals surface area contributed by atoms with Gasteiger partial charge in [0.25, 0.3) is 0 Å². The van der Waals surface area contributed by atoms with E-state index < -0.39 is 40.9 Å². The number of cyclic esters (lactones) is 1. The van der Waals surface area contributed by atoms with Gasteiger partial charge in [-0.25, -0.2) is 0 Å². The second kappa shape index (κ2) is 12.0. The Balaban J connectivity index is 2.52. The first-order valence-corrected chi connectivity index (χ1v) is 12.8. The van der Waals surface area contributed by atoms with Gasteiger partial charge in [0.1, 0.15) is 17.4 Å². The van der Waals surface area contributed by atoms with Crippen molar-refractivity contribution < 1.29 is 24.5 Å². The molecule has 1 aliphatic carbocycles. The van der Waals surface area contributed by atoms with Crippen LogP contribution in [0.3, 0.4) is 0 Å². The largest absolute Gasteiger partial charge is 0.458 e. The van der Waals surface area contributed by atoms with Crippen molar-refractivity contribution in [2.75, 3.05) is 5.88 Å². The fourth-order valence-electron chi connectivity index (χ4n) is 5.11. The van der Waals surface area contributed by atoms with E-state index in [-0.39, 0.29) is 35.5 Å². The number of hydrogen-bond acceptors (Lipinski definition) is 5. The van der Waals surface area contributed by atoms with E-state index in [1.54, 1.807) is 19.9 Å². The predicted molar refractivity (Wildman–Crippen MR) is 132 cm³/mol. The normalized spacial score (nSPS) is 41.9. The molecule has 7 heteroatoms. The zero-order chi connectivity index (χ0) is 24.9. The number of aliphatic hydroxyl groups excluding tert-OH is 1. The summed E-state index contributed by atoms with van der Waals surface area (Å²) >= 11 is 12.5. The number of esters is 1. The Labute approximate surface area is 207 Å². The Morgan fingerprint density at radius 3 is 2.33 bits per heavy atom. The molecule has 1 heterocycles. The number of allylic oxidation sites excluding steroid dienone is 5. The fourth-order valence-corrected chi connectivity index (χ4v) is 5.57. The Bertz CT molecular complexity index is 775. The molecule has 0 bridgehead atoms. The van der Waals surface area contributed by atoms with Gasteiger partial charge in [0, 0.05) is 0 Å². The molecular formula is C26H38Cl2O5. The van der Waals surface area contributed by atoms with Crippen LogP contribution in [0, 0.1) is 35.5 Å². The van der Waals surface area contributed by atoms with Gasteiger partial charge in [-0.3, -0.25) is 9.59 Å². The fraction of sp³-hybridized carbons (Fsp3) is 0.692. The summed E-state index contributed by atoms with van der Waals surface area (Å²) in [4.78, 5) is 25.5. The van der Waals surface area contributed by atoms with Crippen molar-refractivity contribution in [2.24, 2.45) is 35.5 Å². The molecule has 2 aliphatic rings. The first-order chi connectivity index (χ1) is 15.4. The van der Waals surface area contributed by atoms with E-state index in [1.165, 1.54) is 6.92 Å². The molecule has 1 aliphatic heterocycles. The molecule has 0 aromatic carbocycles. The van der Waals surface area contributed by atoms with Crippen molar-refractivity contribution in [3.05, 3.63) is 36.5 Å². The summed E-state index contributed by atoms with van der Waals surface area (Å²) in [6, 6.07) is 0. The smallest absolute Gasteiger partial charge is 0.316 e. The van der Waals surface area contributed by atoms with Crippen LogP contribution in [-0.2, 0) is 14.3 Å². The van der Waals surface area contributed by atoms with Crippen LogP contribution >= 0.6 is 23.2 Å². The van der Waals surface area contributed by atoms with Crippen molar-refractivity contribution in [3.63, 3.8) is 0 Å². The minimum atomic E-state index is -1.25. The van der Waals surface area contributed by atoms with Crippen molar-refractivity contribution >= 4 is 35.0 Å². The number of Topliss-reactive ketones (excluding diaryl/α,β-unsaturated/α-hetero) is 1. The molecule has 2 unspecified atom stereocenters. The van der Waals surface area contributed by atoms with Gasteiger partial charge in [-0.2, -0.15) is 0 Å². The summed E-state index contributed by atoms with van der Waals surface area (Å²) in [7, 11) is 0. The number of ketones is 1. The quantitative estimate of drug-likeness (QED) is 0.253. The Kier molecular flexibility index (Phi) is 10.2. The SMILES string of the molecule is CC[C@H]1[C@@H]2C(O)C(Cl)C(=O)[C@H](C)C(=O)O[C@@H](C)/C=C/C=C\[C@@H](C)[C@@H]2C=C[C@@H]1C[C@@](C)(O)CCl. The van der Waals surface area contributed by atoms with Gasteiger partial charge in [-0.15, -0.1) is 23.2 Å². The standard InChI is InChI=1S/C26H38Cl2O5/c1-6-19-18(13-26(5,32)14-27)11-12-20-15(2)9-7-8-10-16(3)33-25(31)17(4)23(29)22(28)24(30)21(19)20/h7-12,15-22,24,30,32H,6,13-14H2,1-5H3/b9-7-,10-8+/t15-,16+,17+,18-,19-,20+,21+,22?,24?,26-/m1/s1. The van der Waals surface area contributed by atoms with E-state index in [1.807, 2.05) is 25.2 Å². The van der Waals surface area contributed by atoms with Crippen LogP contribution in [0.15, 0.2) is 36.5 Å². The van der Waals surface area contributed by atoms with Gasteiger partial charge < -0.3 is 14.9 Å². The molecule has 186 valence electrons. The van der Waals surface area contributed by atoms with Gasteiger partial charge in [-0.1, -0.05) is 50.6 Å². The number of halogens is 2. The van der Waals surface area contributed by atoms with Gasteiger partial charge in [0.05, 0.1) is 17.6 Å². The number of carbonyl (C=O) groups excluding carboxylic acids is 2. The third-order valence-corrected chi connectivity index (χ3v) is 8.12. The molecule has 0 aromatic heterocycles. The zero-order valence-electron chi connectivity index (χ0n) is 20.2. The molecule has 2 rings (SSSR count). The van der Waals surface area contributed by atoms with Crippen LogP contribution in [0.5, 0.6) is 0 Å². The summed E-state index contributed by atoms with van der Waals surface area (Å²) in [5.41, 5.74) is -1.05. The van der Waals surface area contributed by atoms with E-state index in [2.05, 4.69) is 19.1 Å². The first kappa shape index (κ1) is 28.1. The topological polar surface area (TPSA) is 83.8 Å². The number of ether oxygens (including phenoxy) is 1. The van der Waals surface area contributed by atoms with E-state index in [0.29, 0.717) is 6.42 Å². The molecular weight excluding hydrogens is 463 g/mol. The molecule has 0 amide bonds. The Morgan fingerprint density at radius 1 is 1.09 bits per heavy atom. The summed E-state index contributed by atoms with van der Waals surface area (Å²) in [5.74, 6) is -2.59. The highest BCUT2D eigenvalue weighted by Crippen LogP contribution is 2.46. The maximum Gasteiger partial charge on any atom is 0.316 e. The Morgan fingerprint density at radius 2 is 1.73 bits per heavy atom. The van der Waals surface area contributed by atoms with E-state index in [9.17, 15) is 19.8 Å². The third kappa shape index (κ3) is 6.94. The number of fused-ring (bicyclic) bond motifs is 1. The van der Waals surface area contributed by atoms with Crippen LogP contribution in [-0.4, -0.2) is 51.0 Å². The van der Waals surface area contributed by atoms with Crippen LogP contribution in [0.4, 0.5) is 0 Å². The van der Waals surface area contributed by atoms with Crippen molar-refractivity contribution in [2.45, 2.75) is 70.6 Å². The van der Waals surface area contributed by atoms with Gasteiger partial charge in [-0.05, 0) is 62.9 Å². The highest BCUT2D eigenvalue weighted by atomic mass is 35.5. The van der Waals surface area contributed by atoms with E-state index in [4.69, 9.17) is 27.9 Å². The average Bonchev–Trinajstić information content (AvgIpc) is 2.78. The maximum atomic E-state index is 13.0. The average molecular weight is 501 g/mol. The second-order valence-electron chi connectivity index (χ2n) is 9.90. The summed E-state index contributed by atoms with van der Waals surface area (Å²) in [6.07, 6.45) is 11.2. The summed E-state index contributed by atoms with van der Waals surface area (Å²) in [6.45, 7) is 9.01. The number of rotatable bonds is 4. The second-order valence-corrected chi connectivity index (χ2v) is 10.6. The van der Waals surface area contributed by atoms with E-state index in [0.717, 1.165) is 6.42 Å². The molecule has 10 atom stereocenters.